The third-order valence-corrected chi connectivity index (χ3v) is 4.76. The molecule has 5 nitrogen and oxygen atoms in total. The van der Waals surface area contributed by atoms with Crippen LogP contribution in [0.4, 0.5) is 15.8 Å². The van der Waals surface area contributed by atoms with Crippen LogP contribution in [0.1, 0.15) is 38.8 Å². The van der Waals surface area contributed by atoms with E-state index in [4.69, 9.17) is 19.9 Å². The average Bonchev–Trinajstić information content (AvgIpc) is 3.07. The number of benzene rings is 2. The molecule has 6 heteroatoms. The summed E-state index contributed by atoms with van der Waals surface area (Å²) in [5.41, 5.74) is 7.56. The van der Waals surface area contributed by atoms with E-state index in [1.807, 2.05) is 58.0 Å². The molecule has 0 aromatic heterocycles. The molecule has 2 aromatic carbocycles. The minimum atomic E-state index is -0.626. The molecule has 0 aliphatic carbocycles. The lowest BCUT2D eigenvalue weighted by Crippen LogP contribution is -2.22. The number of hydrogen-bond acceptors (Lipinski definition) is 4. The Balaban J connectivity index is 1.65. The van der Waals surface area contributed by atoms with Gasteiger partial charge in [0.15, 0.2) is 5.79 Å². The van der Waals surface area contributed by atoms with E-state index >= 15 is 0 Å². The quantitative estimate of drug-likeness (QED) is 0.492. The van der Waals surface area contributed by atoms with E-state index in [1.165, 1.54) is 12.1 Å². The number of ether oxygens (including phenoxy) is 3. The molecule has 2 aromatic rings. The first-order chi connectivity index (χ1) is 14.6. The molecule has 3 rings (SSSR count). The third-order valence-electron chi connectivity index (χ3n) is 4.76. The van der Waals surface area contributed by atoms with E-state index in [1.54, 1.807) is 0 Å². The van der Waals surface area contributed by atoms with Gasteiger partial charge in [0.2, 0.25) is 0 Å². The van der Waals surface area contributed by atoms with Crippen molar-refractivity contribution in [3.8, 4) is 11.8 Å². The molecule has 0 bridgehead atoms. The summed E-state index contributed by atoms with van der Waals surface area (Å²) in [6.07, 6.45) is -0.181. The summed E-state index contributed by atoms with van der Waals surface area (Å²) in [7, 11) is 0. The molecule has 1 atom stereocenters. The molecule has 0 amide bonds. The molecule has 31 heavy (non-hydrogen) atoms. The van der Waals surface area contributed by atoms with E-state index in [-0.39, 0.29) is 11.8 Å². The molecule has 1 fully saturated rings. The summed E-state index contributed by atoms with van der Waals surface area (Å²) in [5.74, 6) is 5.20. The van der Waals surface area contributed by atoms with Gasteiger partial charge in [-0.15, -0.1) is 12.2 Å². The topological polar surface area (TPSA) is 67.8 Å². The van der Waals surface area contributed by atoms with Crippen molar-refractivity contribution >= 4 is 11.4 Å². The predicted molar refractivity (Wildman–Crippen MR) is 120 cm³/mol. The van der Waals surface area contributed by atoms with Crippen LogP contribution in [0, 0.1) is 23.1 Å². The highest BCUT2D eigenvalue weighted by molar-refractivity contribution is 5.67. The standard InChI is InChI=1S/C25H30FN2O3/c1-24(2,17-29-15-18-8-6-5-7-9-18)11-10-19-12-22(27)21(26)13-23(19)28-14-20-16-30-25(3,4)31-20/h5-9,12-13,20H,14-17,27H2,1-4H3/q-1/t20-/m1/s1. The van der Waals surface area contributed by atoms with E-state index < -0.39 is 17.0 Å². The van der Waals surface area contributed by atoms with Gasteiger partial charge in [0.25, 0.3) is 0 Å². The van der Waals surface area contributed by atoms with Crippen molar-refractivity contribution in [2.75, 3.05) is 25.5 Å². The summed E-state index contributed by atoms with van der Waals surface area (Å²) in [6, 6.07) is 12.8. The fourth-order valence-corrected chi connectivity index (χ4v) is 3.13. The fraction of sp³-hybridized carbons (Fsp3) is 0.440. The third kappa shape index (κ3) is 6.96. The highest BCUT2D eigenvalue weighted by Gasteiger charge is 2.30. The van der Waals surface area contributed by atoms with Crippen molar-refractivity contribution in [1.82, 2.24) is 0 Å². The maximum atomic E-state index is 14.1. The first-order valence-electron chi connectivity index (χ1n) is 10.4. The fourth-order valence-electron chi connectivity index (χ4n) is 3.13. The zero-order chi connectivity index (χ0) is 22.5. The van der Waals surface area contributed by atoms with Gasteiger partial charge < -0.3 is 25.3 Å². The summed E-state index contributed by atoms with van der Waals surface area (Å²) in [5, 5.41) is 4.52. The van der Waals surface area contributed by atoms with Crippen LogP contribution in [-0.4, -0.2) is 31.6 Å². The van der Waals surface area contributed by atoms with Gasteiger partial charge in [-0.3, -0.25) is 0 Å². The number of hydrogen-bond donors (Lipinski definition) is 1. The Hall–Kier alpha value is -2.59. The summed E-state index contributed by atoms with van der Waals surface area (Å²) < 4.78 is 31.2. The molecule has 1 heterocycles. The molecule has 1 saturated heterocycles. The van der Waals surface area contributed by atoms with Crippen molar-refractivity contribution in [1.29, 1.82) is 0 Å². The van der Waals surface area contributed by atoms with Crippen LogP contribution in [0.2, 0.25) is 0 Å². The van der Waals surface area contributed by atoms with E-state index in [0.29, 0.717) is 37.6 Å². The molecule has 1 aliphatic rings. The van der Waals surface area contributed by atoms with E-state index in [0.717, 1.165) is 5.56 Å². The number of anilines is 1. The minimum Gasteiger partial charge on any atom is -0.681 e. The molecule has 0 radical (unpaired) electrons. The predicted octanol–water partition coefficient (Wildman–Crippen LogP) is 5.16. The van der Waals surface area contributed by atoms with E-state index in [2.05, 4.69) is 17.2 Å². The van der Waals surface area contributed by atoms with Gasteiger partial charge in [0.05, 0.1) is 31.6 Å². The smallest absolute Gasteiger partial charge is 0.163 e. The summed E-state index contributed by atoms with van der Waals surface area (Å²) in [4.78, 5) is 0. The van der Waals surface area contributed by atoms with Gasteiger partial charge in [0, 0.05) is 11.0 Å². The zero-order valence-corrected chi connectivity index (χ0v) is 18.6. The van der Waals surface area contributed by atoms with Crippen LogP contribution >= 0.6 is 0 Å². The lowest BCUT2D eigenvalue weighted by molar-refractivity contribution is -0.136. The molecular formula is C25H30FN2O3-. The van der Waals surface area contributed by atoms with Crippen LogP contribution in [0.15, 0.2) is 42.5 Å². The monoisotopic (exact) mass is 425 g/mol. The number of halogens is 1. The van der Waals surface area contributed by atoms with E-state index in [9.17, 15) is 4.39 Å². The second kappa shape index (κ2) is 9.69. The normalized spacial score (nSPS) is 17.8. The first kappa shape index (κ1) is 23.1. The van der Waals surface area contributed by atoms with Gasteiger partial charge in [-0.2, -0.15) is 0 Å². The lowest BCUT2D eigenvalue weighted by atomic mass is 9.95. The van der Waals surface area contributed by atoms with Gasteiger partial charge in [-0.25, -0.2) is 4.39 Å². The Morgan fingerprint density at radius 2 is 2.00 bits per heavy atom. The number of nitrogens with two attached hydrogens (primary N) is 1. The summed E-state index contributed by atoms with van der Waals surface area (Å²) in [6.45, 7) is 9.49. The average molecular weight is 426 g/mol. The van der Waals surface area contributed by atoms with Crippen molar-refractivity contribution in [2.24, 2.45) is 5.41 Å². The van der Waals surface area contributed by atoms with Gasteiger partial charge in [0.1, 0.15) is 5.82 Å². The minimum absolute atomic E-state index is 0.0444. The lowest BCUT2D eigenvalue weighted by Gasteiger charge is -2.27. The maximum absolute atomic E-state index is 14.1. The van der Waals surface area contributed by atoms with Crippen molar-refractivity contribution < 1.29 is 18.6 Å². The molecular weight excluding hydrogens is 395 g/mol. The highest BCUT2D eigenvalue weighted by Crippen LogP contribution is 2.31. The Kier molecular flexibility index (Phi) is 7.22. The van der Waals surface area contributed by atoms with Crippen molar-refractivity contribution in [2.45, 2.75) is 46.2 Å². The molecule has 166 valence electrons. The van der Waals surface area contributed by atoms with Crippen molar-refractivity contribution in [3.63, 3.8) is 0 Å². The zero-order valence-electron chi connectivity index (χ0n) is 18.6. The molecule has 2 N–H and O–H groups in total. The maximum Gasteiger partial charge on any atom is 0.163 e. The highest BCUT2D eigenvalue weighted by atomic mass is 19.1. The molecule has 0 unspecified atom stereocenters. The molecule has 0 saturated carbocycles. The van der Waals surface area contributed by atoms with Crippen LogP contribution in [0.3, 0.4) is 0 Å². The first-order valence-corrected chi connectivity index (χ1v) is 10.4. The van der Waals surface area contributed by atoms with Crippen LogP contribution < -0.4 is 5.73 Å². The number of rotatable bonds is 7. The van der Waals surface area contributed by atoms with Crippen LogP contribution in [0.5, 0.6) is 0 Å². The van der Waals surface area contributed by atoms with Crippen LogP contribution in [0.25, 0.3) is 5.32 Å². The Morgan fingerprint density at radius 1 is 1.26 bits per heavy atom. The van der Waals surface area contributed by atoms with Gasteiger partial charge >= 0.3 is 0 Å². The van der Waals surface area contributed by atoms with Gasteiger partial charge in [-0.05, 0) is 45.4 Å². The van der Waals surface area contributed by atoms with Gasteiger partial charge in [-0.1, -0.05) is 42.2 Å². The molecule has 0 spiro atoms. The van der Waals surface area contributed by atoms with Crippen molar-refractivity contribution in [3.05, 3.63) is 64.7 Å². The molecule has 1 aliphatic heterocycles. The van der Waals surface area contributed by atoms with Crippen LogP contribution in [-0.2, 0) is 20.8 Å². The largest absolute Gasteiger partial charge is 0.681 e. The number of nitrogen functional groups attached to an aromatic ring is 1. The number of nitrogens with zero attached hydrogens (tertiary/aromatic N) is 1. The Morgan fingerprint density at radius 3 is 2.68 bits per heavy atom. The Bertz CT molecular complexity index is 948. The SMILES string of the molecule is CC(C)(C#Cc1cc(N)c(F)cc1[N-]C[C@@H]1COC(C)(C)O1)COCc1ccccc1. The second-order valence-corrected chi connectivity index (χ2v) is 8.79. The Labute approximate surface area is 184 Å². The second-order valence-electron chi connectivity index (χ2n) is 8.79. The summed E-state index contributed by atoms with van der Waals surface area (Å²) >= 11 is 0.